The van der Waals surface area contributed by atoms with Gasteiger partial charge < -0.3 is 15.5 Å². The van der Waals surface area contributed by atoms with Crippen LogP contribution in [0.4, 0.5) is 0 Å². The standard InChI is InChI=1S/C22H35N5O/c1-26(2)21(28)16-24-22(25-19-11-6-7-12-19)23-15-20-13-8-14-27(20)17-18-9-4-3-5-10-18/h3-5,9-10,19-20H,6-8,11-17H2,1-2H3,(H2,23,24,25). The third-order valence-electron chi connectivity index (χ3n) is 5.80. The van der Waals surface area contributed by atoms with E-state index >= 15 is 0 Å². The van der Waals surface area contributed by atoms with Crippen LogP contribution in [0.5, 0.6) is 0 Å². The fourth-order valence-electron chi connectivity index (χ4n) is 4.07. The molecule has 1 atom stereocenters. The van der Waals surface area contributed by atoms with Gasteiger partial charge in [0.25, 0.3) is 0 Å². The van der Waals surface area contributed by atoms with E-state index in [2.05, 4.69) is 50.9 Å². The van der Waals surface area contributed by atoms with Crippen molar-refractivity contribution >= 4 is 11.9 Å². The lowest BCUT2D eigenvalue weighted by Gasteiger charge is -2.26. The summed E-state index contributed by atoms with van der Waals surface area (Å²) in [4.78, 5) is 20.7. The molecule has 2 aliphatic rings. The van der Waals surface area contributed by atoms with Crippen molar-refractivity contribution in [2.24, 2.45) is 4.99 Å². The highest BCUT2D eigenvalue weighted by molar-refractivity contribution is 5.85. The first-order chi connectivity index (χ1) is 13.6. The molecule has 1 aromatic carbocycles. The fraction of sp³-hybridized carbons (Fsp3) is 0.636. The van der Waals surface area contributed by atoms with E-state index in [0.29, 0.717) is 12.1 Å². The Bertz CT molecular complexity index is 640. The van der Waals surface area contributed by atoms with E-state index in [1.54, 1.807) is 19.0 Å². The monoisotopic (exact) mass is 385 g/mol. The van der Waals surface area contributed by atoms with Crippen LogP contribution in [0.25, 0.3) is 0 Å². The van der Waals surface area contributed by atoms with Crippen LogP contribution in [0.15, 0.2) is 35.3 Å². The van der Waals surface area contributed by atoms with Crippen LogP contribution in [0, 0.1) is 0 Å². The molecule has 1 heterocycles. The maximum absolute atomic E-state index is 12.0. The van der Waals surface area contributed by atoms with Crippen molar-refractivity contribution in [3.05, 3.63) is 35.9 Å². The van der Waals surface area contributed by atoms with Crippen molar-refractivity contribution in [1.82, 2.24) is 20.4 Å². The summed E-state index contributed by atoms with van der Waals surface area (Å²) in [5, 5.41) is 7.07. The first-order valence-electron chi connectivity index (χ1n) is 10.6. The second kappa shape index (κ2) is 10.5. The number of nitrogens with zero attached hydrogens (tertiary/aromatic N) is 3. The van der Waals surface area contributed by atoms with E-state index in [-0.39, 0.29) is 12.5 Å². The molecule has 1 unspecified atom stereocenters. The number of hydrogen-bond acceptors (Lipinski definition) is 3. The molecule has 6 nitrogen and oxygen atoms in total. The number of aliphatic imine (C=N–C) groups is 1. The van der Waals surface area contributed by atoms with Gasteiger partial charge in [-0.05, 0) is 37.8 Å². The minimum absolute atomic E-state index is 0.0269. The highest BCUT2D eigenvalue weighted by Gasteiger charge is 2.25. The lowest BCUT2D eigenvalue weighted by molar-refractivity contribution is -0.127. The predicted octanol–water partition coefficient (Wildman–Crippen LogP) is 2.22. The zero-order valence-electron chi connectivity index (χ0n) is 17.4. The Kier molecular flexibility index (Phi) is 7.71. The summed E-state index contributed by atoms with van der Waals surface area (Å²) in [7, 11) is 3.55. The van der Waals surface area contributed by atoms with Crippen LogP contribution in [-0.4, -0.2) is 67.5 Å². The van der Waals surface area contributed by atoms with Crippen molar-refractivity contribution in [3.63, 3.8) is 0 Å². The molecule has 0 spiro atoms. The molecule has 1 aliphatic heterocycles. The molecule has 6 heteroatoms. The van der Waals surface area contributed by atoms with Gasteiger partial charge in [0, 0.05) is 39.3 Å². The number of carbonyl (C=O) groups is 1. The zero-order chi connectivity index (χ0) is 19.8. The summed E-state index contributed by atoms with van der Waals surface area (Å²) in [6.07, 6.45) is 7.36. The minimum Gasteiger partial charge on any atom is -0.355 e. The summed E-state index contributed by atoms with van der Waals surface area (Å²) >= 11 is 0. The fourth-order valence-corrected chi connectivity index (χ4v) is 4.07. The van der Waals surface area contributed by atoms with Gasteiger partial charge in [-0.15, -0.1) is 0 Å². The Hall–Kier alpha value is -2.08. The largest absolute Gasteiger partial charge is 0.355 e. The predicted molar refractivity (Wildman–Crippen MR) is 114 cm³/mol. The molecule has 2 N–H and O–H groups in total. The Morgan fingerprint density at radius 2 is 1.89 bits per heavy atom. The SMILES string of the molecule is CN(C)C(=O)CN=C(NCC1CCCN1Cc1ccccc1)NC1CCCC1. The highest BCUT2D eigenvalue weighted by Crippen LogP contribution is 2.20. The third-order valence-corrected chi connectivity index (χ3v) is 5.80. The van der Waals surface area contributed by atoms with Crippen molar-refractivity contribution in [3.8, 4) is 0 Å². The molecule has 2 fully saturated rings. The maximum atomic E-state index is 12.0. The number of hydrogen-bond donors (Lipinski definition) is 2. The van der Waals surface area contributed by atoms with Gasteiger partial charge in [-0.3, -0.25) is 9.69 Å². The summed E-state index contributed by atoms with van der Waals surface area (Å²) in [6.45, 7) is 3.19. The number of likely N-dealkylation sites (N-methyl/N-ethyl adjacent to an activating group) is 1. The number of amides is 1. The van der Waals surface area contributed by atoms with Gasteiger partial charge in [0.1, 0.15) is 6.54 Å². The number of carbonyl (C=O) groups excluding carboxylic acids is 1. The molecule has 1 aliphatic carbocycles. The van der Waals surface area contributed by atoms with Crippen molar-refractivity contribution in [1.29, 1.82) is 0 Å². The van der Waals surface area contributed by atoms with Crippen molar-refractivity contribution < 1.29 is 4.79 Å². The van der Waals surface area contributed by atoms with Crippen LogP contribution in [0.2, 0.25) is 0 Å². The summed E-state index contributed by atoms with van der Waals surface area (Å²) < 4.78 is 0. The third kappa shape index (κ3) is 6.23. The van der Waals surface area contributed by atoms with E-state index in [1.807, 2.05) is 0 Å². The van der Waals surface area contributed by atoms with Crippen LogP contribution in [0.1, 0.15) is 44.1 Å². The molecule has 0 radical (unpaired) electrons. The molecule has 1 saturated carbocycles. The molecular weight excluding hydrogens is 350 g/mol. The molecule has 1 saturated heterocycles. The number of nitrogens with one attached hydrogen (secondary N) is 2. The van der Waals surface area contributed by atoms with Gasteiger partial charge in [-0.1, -0.05) is 43.2 Å². The van der Waals surface area contributed by atoms with Crippen molar-refractivity contribution in [2.75, 3.05) is 33.7 Å². The Morgan fingerprint density at radius 3 is 2.61 bits per heavy atom. The highest BCUT2D eigenvalue weighted by atomic mass is 16.2. The van der Waals surface area contributed by atoms with Gasteiger partial charge >= 0.3 is 0 Å². The summed E-state index contributed by atoms with van der Waals surface area (Å²) in [5.74, 6) is 0.813. The number of likely N-dealkylation sites (tertiary alicyclic amines) is 1. The Balaban J connectivity index is 1.56. The summed E-state index contributed by atoms with van der Waals surface area (Å²) in [5.41, 5.74) is 1.36. The average molecular weight is 386 g/mol. The van der Waals surface area contributed by atoms with E-state index < -0.39 is 0 Å². The molecule has 3 rings (SSSR count). The van der Waals surface area contributed by atoms with Gasteiger partial charge in [-0.25, -0.2) is 4.99 Å². The molecule has 0 aromatic heterocycles. The topological polar surface area (TPSA) is 60.0 Å². The normalized spacial score (nSPS) is 21.1. The first kappa shape index (κ1) is 20.6. The summed E-state index contributed by atoms with van der Waals surface area (Å²) in [6, 6.07) is 11.7. The average Bonchev–Trinajstić information content (AvgIpc) is 3.36. The lowest BCUT2D eigenvalue weighted by atomic mass is 10.2. The van der Waals surface area contributed by atoms with E-state index in [1.165, 1.54) is 44.1 Å². The van der Waals surface area contributed by atoms with Crippen LogP contribution < -0.4 is 10.6 Å². The first-order valence-corrected chi connectivity index (χ1v) is 10.6. The molecular formula is C22H35N5O. The number of rotatable bonds is 7. The smallest absolute Gasteiger partial charge is 0.243 e. The quantitative estimate of drug-likeness (QED) is 0.558. The van der Waals surface area contributed by atoms with Gasteiger partial charge in [0.15, 0.2) is 5.96 Å². The Labute approximate surface area is 169 Å². The van der Waals surface area contributed by atoms with Gasteiger partial charge in [0.2, 0.25) is 5.91 Å². The number of benzene rings is 1. The molecule has 1 amide bonds. The van der Waals surface area contributed by atoms with Gasteiger partial charge in [0.05, 0.1) is 0 Å². The molecule has 0 bridgehead atoms. The second-order valence-electron chi connectivity index (χ2n) is 8.21. The van der Waals surface area contributed by atoms with Gasteiger partial charge in [-0.2, -0.15) is 0 Å². The molecule has 28 heavy (non-hydrogen) atoms. The zero-order valence-corrected chi connectivity index (χ0v) is 17.4. The maximum Gasteiger partial charge on any atom is 0.243 e. The number of guanidine groups is 1. The van der Waals surface area contributed by atoms with Crippen LogP contribution in [-0.2, 0) is 11.3 Å². The molecule has 154 valence electrons. The lowest BCUT2D eigenvalue weighted by Crippen LogP contribution is -2.47. The van der Waals surface area contributed by atoms with Crippen LogP contribution >= 0.6 is 0 Å². The van der Waals surface area contributed by atoms with E-state index in [0.717, 1.165) is 25.6 Å². The van der Waals surface area contributed by atoms with E-state index in [4.69, 9.17) is 0 Å². The van der Waals surface area contributed by atoms with E-state index in [9.17, 15) is 4.79 Å². The second-order valence-corrected chi connectivity index (χ2v) is 8.21. The van der Waals surface area contributed by atoms with Crippen molar-refractivity contribution in [2.45, 2.75) is 57.2 Å². The minimum atomic E-state index is 0.0269. The Morgan fingerprint density at radius 1 is 1.14 bits per heavy atom. The van der Waals surface area contributed by atoms with Crippen LogP contribution in [0.3, 0.4) is 0 Å². The molecule has 1 aromatic rings.